The van der Waals surface area contributed by atoms with Crippen LogP contribution >= 0.6 is 0 Å². The topological polar surface area (TPSA) is 49.9 Å². The van der Waals surface area contributed by atoms with Crippen LogP contribution in [0.4, 0.5) is 4.79 Å². The molecule has 136 valence electrons. The first-order chi connectivity index (χ1) is 12.0. The van der Waals surface area contributed by atoms with Crippen molar-refractivity contribution in [1.29, 1.82) is 0 Å². The van der Waals surface area contributed by atoms with Gasteiger partial charge in [-0.2, -0.15) is 0 Å². The molecule has 0 unspecified atom stereocenters. The van der Waals surface area contributed by atoms with E-state index in [-0.39, 0.29) is 12.0 Å². The van der Waals surface area contributed by atoms with E-state index < -0.39 is 0 Å². The average molecular weight is 344 g/mol. The summed E-state index contributed by atoms with van der Waals surface area (Å²) in [6, 6.07) is 6.14. The number of carbonyl (C=O) groups is 2. The first-order valence-corrected chi connectivity index (χ1v) is 9.37. The lowest BCUT2D eigenvalue weighted by molar-refractivity contribution is 0.0535. The highest BCUT2D eigenvalue weighted by molar-refractivity contribution is 5.94. The summed E-state index contributed by atoms with van der Waals surface area (Å²) in [5.74, 6) is 0.402. The third-order valence-electron chi connectivity index (χ3n) is 4.96. The normalized spacial score (nSPS) is 17.4. The Bertz CT molecular complexity index is 634. The molecule has 1 aromatic carbocycles. The number of piperazine rings is 1. The molecule has 0 bridgehead atoms. The van der Waals surface area contributed by atoms with Gasteiger partial charge in [0.05, 0.1) is 6.61 Å². The Labute approximate surface area is 149 Å². The van der Waals surface area contributed by atoms with Crippen LogP contribution in [0.15, 0.2) is 18.2 Å². The monoisotopic (exact) mass is 344 g/mol. The molecule has 2 aliphatic rings. The van der Waals surface area contributed by atoms with Crippen molar-refractivity contribution >= 4 is 12.0 Å². The van der Waals surface area contributed by atoms with Crippen LogP contribution in [0.3, 0.4) is 0 Å². The van der Waals surface area contributed by atoms with Crippen molar-refractivity contribution in [3.8, 4) is 0 Å². The molecule has 0 spiro atoms. The van der Waals surface area contributed by atoms with E-state index in [9.17, 15) is 9.59 Å². The highest BCUT2D eigenvalue weighted by Crippen LogP contribution is 2.23. The van der Waals surface area contributed by atoms with Crippen LogP contribution in [-0.2, 0) is 17.6 Å². The van der Waals surface area contributed by atoms with Crippen LogP contribution in [0.2, 0.25) is 0 Å². The highest BCUT2D eigenvalue weighted by atomic mass is 16.6. The Morgan fingerprint density at radius 2 is 1.64 bits per heavy atom. The molecule has 1 fully saturated rings. The summed E-state index contributed by atoms with van der Waals surface area (Å²) in [4.78, 5) is 28.3. The summed E-state index contributed by atoms with van der Waals surface area (Å²) in [6.45, 7) is 6.67. The molecule has 25 heavy (non-hydrogen) atoms. The summed E-state index contributed by atoms with van der Waals surface area (Å²) in [5.41, 5.74) is 3.49. The largest absolute Gasteiger partial charge is 0.449 e. The van der Waals surface area contributed by atoms with Gasteiger partial charge in [0.1, 0.15) is 0 Å². The summed E-state index contributed by atoms with van der Waals surface area (Å²) < 4.78 is 5.27. The van der Waals surface area contributed by atoms with Crippen LogP contribution in [0.1, 0.15) is 48.2 Å². The van der Waals surface area contributed by atoms with Gasteiger partial charge < -0.3 is 14.5 Å². The zero-order valence-corrected chi connectivity index (χ0v) is 15.3. The van der Waals surface area contributed by atoms with E-state index in [2.05, 4.69) is 12.1 Å². The second kappa shape index (κ2) is 7.89. The lowest BCUT2D eigenvalue weighted by atomic mass is 9.90. The number of nitrogens with zero attached hydrogens (tertiary/aromatic N) is 2. The number of hydrogen-bond acceptors (Lipinski definition) is 3. The van der Waals surface area contributed by atoms with Crippen LogP contribution in [0.25, 0.3) is 0 Å². The number of rotatable bonds is 3. The maximum atomic E-state index is 12.8. The number of fused-ring (bicyclic) bond motifs is 1. The fourth-order valence-electron chi connectivity index (χ4n) is 3.47. The molecule has 3 rings (SSSR count). The minimum Gasteiger partial charge on any atom is -0.449 e. The Morgan fingerprint density at radius 1 is 1.00 bits per heavy atom. The molecule has 0 radical (unpaired) electrons. The molecule has 0 atom stereocenters. The van der Waals surface area contributed by atoms with Crippen LogP contribution in [0.5, 0.6) is 0 Å². The molecule has 1 aromatic rings. The zero-order valence-electron chi connectivity index (χ0n) is 15.3. The average Bonchev–Trinajstić information content (AvgIpc) is 2.65. The number of ether oxygens (including phenoxy) is 1. The lowest BCUT2D eigenvalue weighted by Crippen LogP contribution is -2.50. The minimum absolute atomic E-state index is 0.0728. The smallest absolute Gasteiger partial charge is 0.409 e. The molecule has 1 aliphatic heterocycles. The highest BCUT2D eigenvalue weighted by Gasteiger charge is 2.26. The molecule has 1 heterocycles. The third kappa shape index (κ3) is 4.33. The van der Waals surface area contributed by atoms with Crippen molar-refractivity contribution in [1.82, 2.24) is 9.80 Å². The minimum atomic E-state index is -0.269. The van der Waals surface area contributed by atoms with Crippen molar-refractivity contribution in [3.63, 3.8) is 0 Å². The fourth-order valence-corrected chi connectivity index (χ4v) is 3.47. The summed E-state index contributed by atoms with van der Waals surface area (Å²) >= 11 is 0. The van der Waals surface area contributed by atoms with Crippen molar-refractivity contribution in [2.75, 3.05) is 32.8 Å². The van der Waals surface area contributed by atoms with Gasteiger partial charge in [-0.3, -0.25) is 4.79 Å². The molecule has 0 N–H and O–H groups in total. The summed E-state index contributed by atoms with van der Waals surface area (Å²) in [6.07, 6.45) is 4.39. The van der Waals surface area contributed by atoms with Crippen molar-refractivity contribution < 1.29 is 14.3 Å². The summed E-state index contributed by atoms with van der Waals surface area (Å²) in [7, 11) is 0. The molecular formula is C20H28N2O3. The number of amides is 2. The van der Waals surface area contributed by atoms with E-state index in [0.29, 0.717) is 38.7 Å². The van der Waals surface area contributed by atoms with Gasteiger partial charge in [-0.1, -0.05) is 19.9 Å². The van der Waals surface area contributed by atoms with E-state index in [0.717, 1.165) is 18.4 Å². The first-order valence-electron chi connectivity index (χ1n) is 9.37. The van der Waals surface area contributed by atoms with Crippen LogP contribution in [0, 0.1) is 5.92 Å². The Hall–Kier alpha value is -2.04. The molecule has 5 heteroatoms. The zero-order chi connectivity index (χ0) is 17.8. The first kappa shape index (κ1) is 17.8. The van der Waals surface area contributed by atoms with E-state index in [1.807, 2.05) is 24.8 Å². The second-order valence-electron chi connectivity index (χ2n) is 7.44. The van der Waals surface area contributed by atoms with Crippen molar-refractivity contribution in [2.45, 2.75) is 39.5 Å². The molecule has 1 aliphatic carbocycles. The molecule has 0 saturated carbocycles. The van der Waals surface area contributed by atoms with Gasteiger partial charge in [0.25, 0.3) is 5.91 Å². The van der Waals surface area contributed by atoms with Gasteiger partial charge in [0.15, 0.2) is 0 Å². The predicted octanol–water partition coefficient (Wildman–Crippen LogP) is 3.12. The van der Waals surface area contributed by atoms with Gasteiger partial charge >= 0.3 is 6.09 Å². The van der Waals surface area contributed by atoms with E-state index in [4.69, 9.17) is 4.74 Å². The SMILES string of the molecule is CC(C)COC(=O)N1CCN(C(=O)c2ccc3c(c2)CCCC3)CC1. The van der Waals surface area contributed by atoms with Crippen molar-refractivity contribution in [3.05, 3.63) is 34.9 Å². The fraction of sp³-hybridized carbons (Fsp3) is 0.600. The number of benzene rings is 1. The van der Waals surface area contributed by atoms with Gasteiger partial charge in [0.2, 0.25) is 0 Å². The Balaban J connectivity index is 1.56. The third-order valence-corrected chi connectivity index (χ3v) is 4.96. The van der Waals surface area contributed by atoms with E-state index in [1.54, 1.807) is 4.90 Å². The molecule has 5 nitrogen and oxygen atoms in total. The Morgan fingerprint density at radius 3 is 2.32 bits per heavy atom. The molecular weight excluding hydrogens is 316 g/mol. The standard InChI is InChI=1S/C20H28N2O3/c1-15(2)14-25-20(24)22-11-9-21(10-12-22)19(23)18-8-7-16-5-3-4-6-17(16)13-18/h7-8,13,15H,3-6,9-12,14H2,1-2H3. The quantitative estimate of drug-likeness (QED) is 0.846. The lowest BCUT2D eigenvalue weighted by Gasteiger charge is -2.34. The Kier molecular flexibility index (Phi) is 5.61. The molecule has 2 amide bonds. The number of carbonyl (C=O) groups excluding carboxylic acids is 2. The maximum Gasteiger partial charge on any atom is 0.409 e. The van der Waals surface area contributed by atoms with Crippen LogP contribution in [-0.4, -0.2) is 54.6 Å². The van der Waals surface area contributed by atoms with E-state index in [1.165, 1.54) is 24.0 Å². The van der Waals surface area contributed by atoms with Gasteiger partial charge in [-0.05, 0) is 54.9 Å². The van der Waals surface area contributed by atoms with Gasteiger partial charge in [-0.25, -0.2) is 4.79 Å². The summed E-state index contributed by atoms with van der Waals surface area (Å²) in [5, 5.41) is 0. The number of hydrogen-bond donors (Lipinski definition) is 0. The van der Waals surface area contributed by atoms with Gasteiger partial charge in [-0.15, -0.1) is 0 Å². The van der Waals surface area contributed by atoms with E-state index >= 15 is 0 Å². The van der Waals surface area contributed by atoms with Crippen LogP contribution < -0.4 is 0 Å². The van der Waals surface area contributed by atoms with Gasteiger partial charge in [0, 0.05) is 31.7 Å². The molecule has 1 saturated heterocycles. The molecule has 0 aromatic heterocycles. The number of aryl methyl sites for hydroxylation is 2. The maximum absolute atomic E-state index is 12.8. The predicted molar refractivity (Wildman–Crippen MR) is 96.7 cm³/mol. The van der Waals surface area contributed by atoms with Crippen molar-refractivity contribution in [2.24, 2.45) is 5.92 Å². The second-order valence-corrected chi connectivity index (χ2v) is 7.44.